The summed E-state index contributed by atoms with van der Waals surface area (Å²) in [5, 5.41) is 11.6. The standard InChI is InChI=1S/C13H22N4O3/c14-6-4-2-1-3-5-12(18)17-11(13(19)20)7-10-8-15-9-16-10/h8-9,11H,1-7,14H2,(H,15,16)(H,17,18)(H,19,20)/t11-/m0/s1. The zero-order chi connectivity index (χ0) is 14.8. The van der Waals surface area contributed by atoms with E-state index in [1.165, 1.54) is 6.33 Å². The minimum Gasteiger partial charge on any atom is -0.480 e. The molecular weight excluding hydrogens is 260 g/mol. The first kappa shape index (κ1) is 16.2. The molecule has 112 valence electrons. The predicted octanol–water partition coefficient (Wildman–Crippen LogP) is 0.431. The van der Waals surface area contributed by atoms with Gasteiger partial charge in [0.2, 0.25) is 5.91 Å². The van der Waals surface area contributed by atoms with Crippen LogP contribution < -0.4 is 11.1 Å². The fourth-order valence-corrected chi connectivity index (χ4v) is 1.87. The number of aromatic nitrogens is 2. The lowest BCUT2D eigenvalue weighted by Crippen LogP contribution is -2.42. The van der Waals surface area contributed by atoms with E-state index in [0.29, 0.717) is 18.7 Å². The summed E-state index contributed by atoms with van der Waals surface area (Å²) in [6.07, 6.45) is 7.22. The van der Waals surface area contributed by atoms with Crippen molar-refractivity contribution in [3.63, 3.8) is 0 Å². The van der Waals surface area contributed by atoms with Gasteiger partial charge in [0.1, 0.15) is 6.04 Å². The van der Waals surface area contributed by atoms with Crippen LogP contribution in [0.15, 0.2) is 12.5 Å². The number of rotatable bonds is 10. The average Bonchev–Trinajstić information content (AvgIpc) is 2.90. The van der Waals surface area contributed by atoms with Crippen molar-refractivity contribution in [2.75, 3.05) is 6.54 Å². The number of nitrogens with two attached hydrogens (primary N) is 1. The monoisotopic (exact) mass is 282 g/mol. The molecule has 0 aromatic carbocycles. The summed E-state index contributed by atoms with van der Waals surface area (Å²) in [6, 6.07) is -0.924. The number of carboxylic acids is 1. The van der Waals surface area contributed by atoms with Crippen LogP contribution in [0.25, 0.3) is 0 Å². The third-order valence-corrected chi connectivity index (χ3v) is 2.97. The third-order valence-electron chi connectivity index (χ3n) is 2.97. The Hall–Kier alpha value is -1.89. The van der Waals surface area contributed by atoms with Gasteiger partial charge in [-0.3, -0.25) is 4.79 Å². The molecule has 0 bridgehead atoms. The molecule has 1 rings (SSSR count). The number of aromatic amines is 1. The molecule has 0 fully saturated rings. The highest BCUT2D eigenvalue weighted by Gasteiger charge is 2.20. The molecule has 1 aromatic rings. The van der Waals surface area contributed by atoms with Gasteiger partial charge in [0.15, 0.2) is 0 Å². The smallest absolute Gasteiger partial charge is 0.326 e. The Bertz CT molecular complexity index is 406. The lowest BCUT2D eigenvalue weighted by atomic mass is 10.1. The van der Waals surface area contributed by atoms with Gasteiger partial charge in [-0.05, 0) is 19.4 Å². The normalized spacial score (nSPS) is 12.1. The van der Waals surface area contributed by atoms with Gasteiger partial charge >= 0.3 is 5.97 Å². The summed E-state index contributed by atoms with van der Waals surface area (Å²) in [7, 11) is 0. The highest BCUT2D eigenvalue weighted by molar-refractivity contribution is 5.83. The van der Waals surface area contributed by atoms with Gasteiger partial charge in [-0.1, -0.05) is 12.8 Å². The number of aliphatic carboxylic acids is 1. The number of unbranched alkanes of at least 4 members (excludes halogenated alkanes) is 3. The van der Waals surface area contributed by atoms with E-state index in [4.69, 9.17) is 10.8 Å². The first-order valence-electron chi connectivity index (χ1n) is 6.83. The van der Waals surface area contributed by atoms with Gasteiger partial charge in [-0.25, -0.2) is 9.78 Å². The van der Waals surface area contributed by atoms with Crippen molar-refractivity contribution in [2.45, 2.75) is 44.6 Å². The van der Waals surface area contributed by atoms with Crippen molar-refractivity contribution in [3.8, 4) is 0 Å². The predicted molar refractivity (Wildman–Crippen MR) is 74.0 cm³/mol. The molecule has 20 heavy (non-hydrogen) atoms. The van der Waals surface area contributed by atoms with Crippen molar-refractivity contribution in [1.29, 1.82) is 0 Å². The molecule has 0 aliphatic carbocycles. The van der Waals surface area contributed by atoms with Crippen LogP contribution in [0, 0.1) is 0 Å². The van der Waals surface area contributed by atoms with E-state index in [0.717, 1.165) is 25.7 Å². The summed E-state index contributed by atoms with van der Waals surface area (Å²) in [4.78, 5) is 29.5. The molecule has 0 saturated carbocycles. The highest BCUT2D eigenvalue weighted by atomic mass is 16.4. The topological polar surface area (TPSA) is 121 Å². The number of carboxylic acid groups (broad SMARTS) is 1. The number of hydrogen-bond donors (Lipinski definition) is 4. The summed E-state index contributed by atoms with van der Waals surface area (Å²) in [5.41, 5.74) is 6.06. The Morgan fingerprint density at radius 2 is 2.10 bits per heavy atom. The number of carbonyl (C=O) groups is 2. The number of amides is 1. The number of nitrogens with zero attached hydrogens (tertiary/aromatic N) is 1. The molecule has 1 aromatic heterocycles. The highest BCUT2D eigenvalue weighted by Crippen LogP contribution is 2.04. The van der Waals surface area contributed by atoms with Crippen molar-refractivity contribution in [2.24, 2.45) is 5.73 Å². The zero-order valence-corrected chi connectivity index (χ0v) is 11.5. The number of hydrogen-bond acceptors (Lipinski definition) is 4. The molecule has 7 nitrogen and oxygen atoms in total. The minimum absolute atomic E-state index is 0.203. The maximum absolute atomic E-state index is 11.7. The Morgan fingerprint density at radius 3 is 2.70 bits per heavy atom. The summed E-state index contributed by atoms with van der Waals surface area (Å²) in [6.45, 7) is 0.664. The van der Waals surface area contributed by atoms with E-state index in [-0.39, 0.29) is 12.3 Å². The Kier molecular flexibility index (Phi) is 7.34. The third kappa shape index (κ3) is 6.33. The van der Waals surface area contributed by atoms with Gasteiger partial charge in [0.05, 0.1) is 6.33 Å². The van der Waals surface area contributed by atoms with Gasteiger partial charge in [0.25, 0.3) is 0 Å². The van der Waals surface area contributed by atoms with Crippen LogP contribution in [0.2, 0.25) is 0 Å². The van der Waals surface area contributed by atoms with Crippen LogP contribution >= 0.6 is 0 Å². The SMILES string of the molecule is NCCCCCCC(=O)N[C@@H](Cc1cnc[nH]1)C(=O)O. The van der Waals surface area contributed by atoms with Crippen molar-refractivity contribution < 1.29 is 14.7 Å². The van der Waals surface area contributed by atoms with Gasteiger partial charge in [-0.2, -0.15) is 0 Å². The molecule has 0 spiro atoms. The van der Waals surface area contributed by atoms with E-state index < -0.39 is 12.0 Å². The lowest BCUT2D eigenvalue weighted by molar-refractivity contribution is -0.141. The fourth-order valence-electron chi connectivity index (χ4n) is 1.87. The van der Waals surface area contributed by atoms with Crippen LogP contribution in [-0.4, -0.2) is 39.5 Å². The fraction of sp³-hybridized carbons (Fsp3) is 0.615. The molecular formula is C13H22N4O3. The Labute approximate surface area is 118 Å². The van der Waals surface area contributed by atoms with Crippen LogP contribution in [0.3, 0.4) is 0 Å². The van der Waals surface area contributed by atoms with Crippen molar-refractivity contribution >= 4 is 11.9 Å². The molecule has 0 unspecified atom stereocenters. The minimum atomic E-state index is -1.05. The largest absolute Gasteiger partial charge is 0.480 e. The van der Waals surface area contributed by atoms with Gasteiger partial charge < -0.3 is 21.1 Å². The van der Waals surface area contributed by atoms with Gasteiger partial charge in [-0.15, -0.1) is 0 Å². The molecule has 1 atom stereocenters. The average molecular weight is 282 g/mol. The molecule has 0 aliphatic heterocycles. The van der Waals surface area contributed by atoms with E-state index >= 15 is 0 Å². The Morgan fingerprint density at radius 1 is 1.35 bits per heavy atom. The van der Waals surface area contributed by atoms with Gasteiger partial charge in [0, 0.05) is 24.7 Å². The zero-order valence-electron chi connectivity index (χ0n) is 11.5. The number of carbonyl (C=O) groups excluding carboxylic acids is 1. The molecule has 1 amide bonds. The maximum Gasteiger partial charge on any atom is 0.326 e. The summed E-state index contributed by atoms with van der Waals surface area (Å²) < 4.78 is 0. The van der Waals surface area contributed by atoms with E-state index in [1.54, 1.807) is 6.20 Å². The molecule has 7 heteroatoms. The molecule has 1 heterocycles. The first-order chi connectivity index (χ1) is 9.63. The van der Waals surface area contributed by atoms with Crippen molar-refractivity contribution in [1.82, 2.24) is 15.3 Å². The van der Waals surface area contributed by atoms with Crippen LogP contribution in [0.5, 0.6) is 0 Å². The van der Waals surface area contributed by atoms with E-state index in [2.05, 4.69) is 15.3 Å². The second-order valence-corrected chi connectivity index (χ2v) is 4.69. The molecule has 0 radical (unpaired) electrons. The van der Waals surface area contributed by atoms with Crippen LogP contribution in [0.1, 0.15) is 37.8 Å². The van der Waals surface area contributed by atoms with Crippen LogP contribution in [-0.2, 0) is 16.0 Å². The Balaban J connectivity index is 2.30. The number of imidazole rings is 1. The first-order valence-corrected chi connectivity index (χ1v) is 6.83. The van der Waals surface area contributed by atoms with E-state index in [9.17, 15) is 9.59 Å². The summed E-state index contributed by atoms with van der Waals surface area (Å²) in [5.74, 6) is -1.28. The quantitative estimate of drug-likeness (QED) is 0.464. The lowest BCUT2D eigenvalue weighted by Gasteiger charge is -2.13. The maximum atomic E-state index is 11.7. The number of H-pyrrole nitrogens is 1. The molecule has 0 saturated heterocycles. The van der Waals surface area contributed by atoms with Crippen LogP contribution in [0.4, 0.5) is 0 Å². The summed E-state index contributed by atoms with van der Waals surface area (Å²) >= 11 is 0. The second-order valence-electron chi connectivity index (χ2n) is 4.69. The van der Waals surface area contributed by atoms with Crippen molar-refractivity contribution in [3.05, 3.63) is 18.2 Å². The molecule has 5 N–H and O–H groups in total. The molecule has 0 aliphatic rings. The van der Waals surface area contributed by atoms with E-state index in [1.807, 2.05) is 0 Å². The number of nitrogens with one attached hydrogen (secondary N) is 2. The second kappa shape index (κ2) is 9.08.